The molecule has 0 aliphatic rings. The van der Waals surface area contributed by atoms with Crippen LogP contribution in [0.4, 0.5) is 0 Å². The van der Waals surface area contributed by atoms with Gasteiger partial charge >= 0.3 is 0 Å². The van der Waals surface area contributed by atoms with E-state index in [9.17, 15) is 4.79 Å². The molecule has 1 atom stereocenters. The van der Waals surface area contributed by atoms with E-state index in [4.69, 9.17) is 4.42 Å². The number of rotatable bonds is 7. The first-order valence-electron chi connectivity index (χ1n) is 10.2. The summed E-state index contributed by atoms with van der Waals surface area (Å²) in [5.41, 5.74) is 2.32. The first-order valence-corrected chi connectivity index (χ1v) is 11.1. The highest BCUT2D eigenvalue weighted by molar-refractivity contribution is 8.00. The molecule has 6 nitrogen and oxygen atoms in total. The minimum absolute atomic E-state index is 0.0152. The van der Waals surface area contributed by atoms with E-state index in [1.807, 2.05) is 37.5 Å². The second kappa shape index (κ2) is 9.08. The minimum atomic E-state index is -0.289. The normalized spacial score (nSPS) is 12.9. The largest absolute Gasteiger partial charge is 0.467 e. The van der Waals surface area contributed by atoms with Crippen molar-refractivity contribution >= 4 is 17.7 Å². The van der Waals surface area contributed by atoms with Crippen LogP contribution in [0.3, 0.4) is 0 Å². The molecule has 0 aliphatic heterocycles. The quantitative estimate of drug-likeness (QED) is 0.545. The molecular weight excluding hydrogens is 396 g/mol. The number of hydrogen-bond acceptors (Lipinski definition) is 5. The number of aromatic nitrogens is 3. The zero-order valence-corrected chi connectivity index (χ0v) is 19.3. The lowest BCUT2D eigenvalue weighted by Gasteiger charge is -2.19. The van der Waals surface area contributed by atoms with Crippen LogP contribution in [0.1, 0.15) is 52.9 Å². The van der Waals surface area contributed by atoms with Crippen LogP contribution in [0.5, 0.6) is 0 Å². The molecule has 160 valence electrons. The first kappa shape index (κ1) is 22.2. The molecule has 0 saturated heterocycles. The van der Waals surface area contributed by atoms with E-state index in [1.54, 1.807) is 6.26 Å². The van der Waals surface area contributed by atoms with E-state index < -0.39 is 0 Å². The molecule has 0 unspecified atom stereocenters. The van der Waals surface area contributed by atoms with Gasteiger partial charge in [0.05, 0.1) is 18.1 Å². The van der Waals surface area contributed by atoms with Gasteiger partial charge in [-0.15, -0.1) is 10.2 Å². The van der Waals surface area contributed by atoms with Crippen LogP contribution < -0.4 is 5.32 Å². The van der Waals surface area contributed by atoms with E-state index >= 15 is 0 Å². The highest BCUT2D eigenvalue weighted by Gasteiger charge is 2.22. The number of thioether (sulfide) groups is 1. The summed E-state index contributed by atoms with van der Waals surface area (Å²) in [5.74, 6) is 1.55. The number of furan rings is 1. The average Bonchev–Trinajstić information content (AvgIpc) is 3.31. The fraction of sp³-hybridized carbons (Fsp3) is 0.435. The Bertz CT molecular complexity index is 970. The lowest BCUT2D eigenvalue weighted by Crippen LogP contribution is -2.36. The summed E-state index contributed by atoms with van der Waals surface area (Å²) < 4.78 is 7.57. The Hall–Kier alpha value is -2.54. The van der Waals surface area contributed by atoms with Crippen molar-refractivity contribution in [3.05, 3.63) is 54.0 Å². The molecule has 3 rings (SSSR count). The second-order valence-electron chi connectivity index (χ2n) is 8.72. The van der Waals surface area contributed by atoms with E-state index in [0.717, 1.165) is 17.1 Å². The van der Waals surface area contributed by atoms with Crippen molar-refractivity contribution < 1.29 is 9.21 Å². The molecule has 1 aromatic carbocycles. The van der Waals surface area contributed by atoms with Crippen LogP contribution in [-0.2, 0) is 16.8 Å². The van der Waals surface area contributed by atoms with Crippen molar-refractivity contribution in [2.75, 3.05) is 0 Å². The number of hydrogen-bond donors (Lipinski definition) is 1. The third kappa shape index (κ3) is 5.33. The third-order valence-electron chi connectivity index (χ3n) is 4.70. The van der Waals surface area contributed by atoms with Crippen LogP contribution in [0, 0.1) is 0 Å². The second-order valence-corrected chi connectivity index (χ2v) is 10.0. The summed E-state index contributed by atoms with van der Waals surface area (Å²) in [4.78, 5) is 12.4. The summed E-state index contributed by atoms with van der Waals surface area (Å²) in [7, 11) is 0. The van der Waals surface area contributed by atoms with E-state index in [2.05, 4.69) is 60.6 Å². The van der Waals surface area contributed by atoms with Crippen molar-refractivity contribution in [1.82, 2.24) is 20.1 Å². The summed E-state index contributed by atoms with van der Waals surface area (Å²) in [6, 6.07) is 12.3. The van der Waals surface area contributed by atoms with Crippen LogP contribution in [0.15, 0.2) is 52.2 Å². The first-order chi connectivity index (χ1) is 14.1. The standard InChI is InChI=1S/C23H30N4O2S/c1-15(2)24-21(28)16(3)30-22-26-25-20(27(22)14-19-8-7-13-29-19)17-9-11-18(12-10-17)23(4,5)6/h7-13,15-16H,14H2,1-6H3,(H,24,28)/t16-/m0/s1. The van der Waals surface area contributed by atoms with Crippen LogP contribution >= 0.6 is 11.8 Å². The minimum Gasteiger partial charge on any atom is -0.467 e. The number of carbonyl (C=O) groups excluding carboxylic acids is 1. The maximum absolute atomic E-state index is 12.4. The predicted octanol–water partition coefficient (Wildman–Crippen LogP) is 4.89. The van der Waals surface area contributed by atoms with Gasteiger partial charge in [-0.1, -0.05) is 56.8 Å². The van der Waals surface area contributed by atoms with Gasteiger partial charge in [-0.25, -0.2) is 0 Å². The Morgan fingerprint density at radius 2 is 1.83 bits per heavy atom. The van der Waals surface area contributed by atoms with Gasteiger partial charge in [-0.2, -0.15) is 0 Å². The van der Waals surface area contributed by atoms with E-state index in [1.165, 1.54) is 17.3 Å². The molecule has 3 aromatic rings. The Labute approximate surface area is 182 Å². The maximum atomic E-state index is 12.4. The van der Waals surface area contributed by atoms with Crippen molar-refractivity contribution in [2.45, 2.75) is 70.0 Å². The molecule has 1 N–H and O–H groups in total. The van der Waals surface area contributed by atoms with Gasteiger partial charge in [-0.3, -0.25) is 9.36 Å². The van der Waals surface area contributed by atoms with Gasteiger partial charge in [0.2, 0.25) is 5.91 Å². The molecule has 0 radical (unpaired) electrons. The van der Waals surface area contributed by atoms with Crippen LogP contribution in [0.2, 0.25) is 0 Å². The molecular formula is C23H30N4O2S. The van der Waals surface area contributed by atoms with Gasteiger partial charge in [0, 0.05) is 11.6 Å². The number of nitrogens with one attached hydrogen (secondary N) is 1. The molecule has 2 heterocycles. The number of amides is 1. The van der Waals surface area contributed by atoms with E-state index in [-0.39, 0.29) is 22.6 Å². The fourth-order valence-corrected chi connectivity index (χ4v) is 3.88. The predicted molar refractivity (Wildman–Crippen MR) is 121 cm³/mol. The number of benzene rings is 1. The Kier molecular flexibility index (Phi) is 6.71. The average molecular weight is 427 g/mol. The van der Waals surface area contributed by atoms with Crippen LogP contribution in [0.25, 0.3) is 11.4 Å². The number of carbonyl (C=O) groups is 1. The molecule has 1 amide bonds. The lowest BCUT2D eigenvalue weighted by atomic mass is 9.87. The molecule has 0 fully saturated rings. The van der Waals surface area contributed by atoms with Gasteiger partial charge in [0.1, 0.15) is 5.76 Å². The van der Waals surface area contributed by atoms with Crippen molar-refractivity contribution in [3.63, 3.8) is 0 Å². The maximum Gasteiger partial charge on any atom is 0.233 e. The summed E-state index contributed by atoms with van der Waals surface area (Å²) >= 11 is 1.40. The fourth-order valence-electron chi connectivity index (χ4n) is 3.02. The zero-order valence-electron chi connectivity index (χ0n) is 18.5. The topological polar surface area (TPSA) is 73.0 Å². The molecule has 0 bridgehead atoms. The zero-order chi connectivity index (χ0) is 21.9. The van der Waals surface area contributed by atoms with Crippen molar-refractivity contribution in [2.24, 2.45) is 0 Å². The molecule has 0 aliphatic carbocycles. The Balaban J connectivity index is 1.92. The van der Waals surface area contributed by atoms with Crippen molar-refractivity contribution in [3.8, 4) is 11.4 Å². The highest BCUT2D eigenvalue weighted by Crippen LogP contribution is 2.30. The van der Waals surface area contributed by atoms with Gasteiger partial charge in [-0.05, 0) is 43.9 Å². The SMILES string of the molecule is CC(C)NC(=O)[C@H](C)Sc1nnc(-c2ccc(C(C)(C)C)cc2)n1Cc1ccco1. The monoisotopic (exact) mass is 426 g/mol. The van der Waals surface area contributed by atoms with Crippen LogP contribution in [-0.4, -0.2) is 32.0 Å². The Morgan fingerprint density at radius 1 is 1.13 bits per heavy atom. The van der Waals surface area contributed by atoms with Crippen molar-refractivity contribution in [1.29, 1.82) is 0 Å². The molecule has 30 heavy (non-hydrogen) atoms. The van der Waals surface area contributed by atoms with Gasteiger partial charge < -0.3 is 9.73 Å². The van der Waals surface area contributed by atoms with Gasteiger partial charge in [0.15, 0.2) is 11.0 Å². The molecule has 7 heteroatoms. The Morgan fingerprint density at radius 3 is 2.40 bits per heavy atom. The summed E-state index contributed by atoms with van der Waals surface area (Å²) in [5, 5.41) is 12.2. The lowest BCUT2D eigenvalue weighted by molar-refractivity contribution is -0.120. The van der Waals surface area contributed by atoms with Gasteiger partial charge in [0.25, 0.3) is 0 Å². The third-order valence-corrected chi connectivity index (χ3v) is 5.78. The molecule has 2 aromatic heterocycles. The highest BCUT2D eigenvalue weighted by atomic mass is 32.2. The molecule has 0 spiro atoms. The molecule has 0 saturated carbocycles. The van der Waals surface area contributed by atoms with E-state index in [0.29, 0.717) is 11.7 Å². The smallest absolute Gasteiger partial charge is 0.233 e. The summed E-state index contributed by atoms with van der Waals surface area (Å²) in [6.07, 6.45) is 1.66. The summed E-state index contributed by atoms with van der Waals surface area (Å²) in [6.45, 7) is 12.9. The number of nitrogens with zero attached hydrogens (tertiary/aromatic N) is 3.